The molecule has 4 rings (SSSR count). The van der Waals surface area contributed by atoms with E-state index in [1.807, 2.05) is 16.3 Å². The van der Waals surface area contributed by atoms with Crippen LogP contribution in [-0.2, 0) is 11.3 Å². The van der Waals surface area contributed by atoms with Crippen LogP contribution in [0.4, 0.5) is 0 Å². The van der Waals surface area contributed by atoms with Crippen molar-refractivity contribution in [3.63, 3.8) is 0 Å². The lowest BCUT2D eigenvalue weighted by Gasteiger charge is -2.38. The van der Waals surface area contributed by atoms with Gasteiger partial charge in [-0.2, -0.15) is 0 Å². The maximum atomic E-state index is 4.71. The summed E-state index contributed by atoms with van der Waals surface area (Å²) in [5.41, 5.74) is 3.26. The third-order valence-corrected chi connectivity index (χ3v) is 6.34. The Kier molecular flexibility index (Phi) is 5.50. The Labute approximate surface area is 171 Å². The van der Waals surface area contributed by atoms with Crippen LogP contribution in [0.2, 0.25) is 0 Å². The van der Waals surface area contributed by atoms with E-state index in [2.05, 4.69) is 102 Å². The average Bonchev–Trinajstić information content (AvgIpc) is 3.20. The zero-order valence-electron chi connectivity index (χ0n) is 15.3. The molecule has 0 N–H and O–H groups in total. The van der Waals surface area contributed by atoms with Gasteiger partial charge in [0.05, 0.1) is 0 Å². The Morgan fingerprint density at radius 1 is 0.741 bits per heavy atom. The van der Waals surface area contributed by atoms with Crippen LogP contribution in [-0.4, -0.2) is 24.7 Å². The molecule has 0 fully saturated rings. The summed E-state index contributed by atoms with van der Waals surface area (Å²) in [5, 5.41) is 0. The predicted molar refractivity (Wildman–Crippen MR) is 117 cm³/mol. The van der Waals surface area contributed by atoms with E-state index < -0.39 is 5.54 Å². The Morgan fingerprint density at radius 2 is 1.19 bits per heavy atom. The predicted octanol–water partition coefficient (Wildman–Crippen LogP) is 4.50. The van der Waals surface area contributed by atoms with Crippen LogP contribution in [0, 0.1) is 0 Å². The van der Waals surface area contributed by atoms with E-state index in [0.29, 0.717) is 0 Å². The number of rotatable bonds is 6. The molecule has 0 aliphatic rings. The van der Waals surface area contributed by atoms with E-state index >= 15 is 0 Å². The second-order valence-corrected chi connectivity index (χ2v) is 9.05. The highest BCUT2D eigenvalue weighted by Gasteiger charge is 2.39. The molecule has 1 aromatic heterocycles. The number of hydrogen-bond donors (Lipinski definition) is 0. The van der Waals surface area contributed by atoms with E-state index in [4.69, 9.17) is 4.98 Å². The van der Waals surface area contributed by atoms with Crippen LogP contribution in [0.25, 0.3) is 0 Å². The summed E-state index contributed by atoms with van der Waals surface area (Å²) in [7, 11) is 1.93. The number of nitrogens with zero attached hydrogens (tertiary/aromatic N) is 2. The molecule has 0 radical (unpaired) electrons. The molecule has 0 aliphatic heterocycles. The molecule has 0 bridgehead atoms. The summed E-state index contributed by atoms with van der Waals surface area (Å²) < 4.78 is 2.36. The maximum Gasteiger partial charge on any atom is 0.303 e. The van der Waals surface area contributed by atoms with Crippen molar-refractivity contribution in [3.05, 3.63) is 126 Å². The van der Waals surface area contributed by atoms with Crippen molar-refractivity contribution < 1.29 is 0 Å². The SMILES string of the molecule is [AlH2][S]Cc1nccn1C(c1ccccc1)(c1ccccc1)c1ccccc1. The fourth-order valence-electron chi connectivity index (χ4n) is 3.83. The Balaban J connectivity index is 2.12. The lowest BCUT2D eigenvalue weighted by atomic mass is 9.76. The standard InChI is InChI=1S/C23H20N2S.Al.2H/c26-18-22-24-16-17-25(22)23(19-10-4-1-5-11-19,20-12-6-2-7-13-20)21-14-8-3-9-15-21;;;/h1-17,26H,18H2;;;/q;+1;;/p-1. The first kappa shape index (κ1) is 18.1. The molecule has 3 aromatic carbocycles. The summed E-state index contributed by atoms with van der Waals surface area (Å²) >= 11 is 1.09. The molecular weight excluding hydrogens is 363 g/mol. The average molecular weight is 384 g/mol. The third kappa shape index (κ3) is 3.26. The molecule has 4 aromatic rings. The fraction of sp³-hybridized carbons (Fsp3) is 0.0870. The molecule has 0 amide bonds. The fourth-order valence-corrected chi connectivity index (χ4v) is 5.08. The van der Waals surface area contributed by atoms with Crippen LogP contribution < -0.4 is 0 Å². The molecule has 2 nitrogen and oxygen atoms in total. The van der Waals surface area contributed by atoms with Crippen LogP contribution in [0.15, 0.2) is 103 Å². The number of imidazole rings is 1. The van der Waals surface area contributed by atoms with Gasteiger partial charge in [0.2, 0.25) is 0 Å². The van der Waals surface area contributed by atoms with Crippen LogP contribution in [0.5, 0.6) is 0 Å². The summed E-state index contributed by atoms with van der Waals surface area (Å²) in [6, 6.07) is 32.3. The van der Waals surface area contributed by atoms with Crippen molar-refractivity contribution >= 4 is 25.3 Å². The van der Waals surface area contributed by atoms with E-state index in [1.54, 1.807) is 0 Å². The lowest BCUT2D eigenvalue weighted by molar-refractivity contribution is 0.500. The van der Waals surface area contributed by atoms with Gasteiger partial charge in [-0.15, -0.1) is 0 Å². The Hall–Kier alpha value is -2.25. The van der Waals surface area contributed by atoms with Crippen molar-refractivity contribution in [3.8, 4) is 0 Å². The molecule has 0 saturated carbocycles. The molecule has 132 valence electrons. The van der Waals surface area contributed by atoms with Gasteiger partial charge in [-0.3, -0.25) is 10.1 Å². The first-order valence-electron chi connectivity index (χ1n) is 9.05. The summed E-state index contributed by atoms with van der Waals surface area (Å²) in [6.45, 7) is 0. The Bertz CT molecular complexity index is 888. The molecule has 0 aliphatic carbocycles. The van der Waals surface area contributed by atoms with E-state index in [1.165, 1.54) is 16.7 Å². The highest BCUT2D eigenvalue weighted by molar-refractivity contribution is 8.19. The number of aromatic nitrogens is 2. The summed E-state index contributed by atoms with van der Waals surface area (Å²) in [4.78, 5) is 4.71. The second-order valence-electron chi connectivity index (χ2n) is 6.45. The topological polar surface area (TPSA) is 17.8 Å². The van der Waals surface area contributed by atoms with Crippen LogP contribution in [0.3, 0.4) is 0 Å². The van der Waals surface area contributed by atoms with Gasteiger partial charge < -0.3 is 4.57 Å². The molecule has 0 spiro atoms. The normalized spacial score (nSPS) is 11.4. The van der Waals surface area contributed by atoms with Gasteiger partial charge in [0, 0.05) is 18.1 Å². The minimum atomic E-state index is -0.451. The van der Waals surface area contributed by atoms with Crippen LogP contribution in [0.1, 0.15) is 22.5 Å². The van der Waals surface area contributed by atoms with Gasteiger partial charge >= 0.3 is 15.2 Å². The van der Waals surface area contributed by atoms with Gasteiger partial charge in [0.15, 0.2) is 0 Å². The zero-order valence-corrected chi connectivity index (χ0v) is 18.1. The monoisotopic (exact) mass is 384 g/mol. The molecular formula is C23H21AlN2S. The van der Waals surface area contributed by atoms with E-state index in [9.17, 15) is 0 Å². The number of hydrogen-bond acceptors (Lipinski definition) is 2. The molecule has 0 unspecified atom stereocenters. The third-order valence-electron chi connectivity index (χ3n) is 4.93. The Morgan fingerprint density at radius 3 is 1.59 bits per heavy atom. The molecule has 0 atom stereocenters. The van der Waals surface area contributed by atoms with Gasteiger partial charge in [0.1, 0.15) is 11.4 Å². The molecule has 1 heterocycles. The van der Waals surface area contributed by atoms with Crippen molar-refractivity contribution in [2.45, 2.75) is 11.3 Å². The van der Waals surface area contributed by atoms with E-state index in [0.717, 1.165) is 26.7 Å². The van der Waals surface area contributed by atoms with Crippen molar-refractivity contribution in [2.75, 3.05) is 0 Å². The quantitative estimate of drug-likeness (QED) is 0.360. The van der Waals surface area contributed by atoms with Crippen molar-refractivity contribution in [2.24, 2.45) is 0 Å². The highest BCUT2D eigenvalue weighted by Crippen LogP contribution is 2.41. The minimum Gasteiger partial charge on any atom is -0.316 e. The highest BCUT2D eigenvalue weighted by atomic mass is 32.3. The second kappa shape index (κ2) is 8.19. The van der Waals surface area contributed by atoms with Gasteiger partial charge in [-0.05, 0) is 16.7 Å². The summed E-state index contributed by atoms with van der Waals surface area (Å²) in [6.07, 6.45) is 4.05. The zero-order chi connectivity index (χ0) is 18.5. The van der Waals surface area contributed by atoms with Crippen LogP contribution >= 0.6 is 10.1 Å². The summed E-state index contributed by atoms with van der Waals surface area (Å²) in [5.74, 6) is 2.03. The lowest BCUT2D eigenvalue weighted by Crippen LogP contribution is -2.38. The maximum absolute atomic E-state index is 4.71. The van der Waals surface area contributed by atoms with Crippen molar-refractivity contribution in [1.82, 2.24) is 9.55 Å². The largest absolute Gasteiger partial charge is 0.316 e. The first-order valence-corrected chi connectivity index (χ1v) is 12.9. The first-order chi connectivity index (χ1) is 13.4. The molecule has 27 heavy (non-hydrogen) atoms. The van der Waals surface area contributed by atoms with Gasteiger partial charge in [0.25, 0.3) is 0 Å². The minimum absolute atomic E-state index is 0.451. The van der Waals surface area contributed by atoms with E-state index in [-0.39, 0.29) is 0 Å². The smallest absolute Gasteiger partial charge is 0.303 e. The van der Waals surface area contributed by atoms with Crippen molar-refractivity contribution in [1.29, 1.82) is 0 Å². The molecule has 4 heteroatoms. The van der Waals surface area contributed by atoms with Gasteiger partial charge in [-0.1, -0.05) is 91.0 Å². The molecule has 0 saturated heterocycles. The van der Waals surface area contributed by atoms with Gasteiger partial charge in [-0.25, -0.2) is 4.98 Å². The number of benzene rings is 3.